The highest BCUT2D eigenvalue weighted by Gasteiger charge is 2.47. The third-order valence-corrected chi connectivity index (χ3v) is 6.69. The normalized spacial score (nSPS) is 20.4. The first-order valence-corrected chi connectivity index (χ1v) is 10.5. The Morgan fingerprint density at radius 2 is 1.87 bits per heavy atom. The Morgan fingerprint density at radius 3 is 2.63 bits per heavy atom. The molecule has 3 aliphatic heterocycles. The molecule has 1 spiro atoms. The molecule has 156 valence electrons. The molecule has 1 aromatic carbocycles. The Morgan fingerprint density at radius 1 is 1.10 bits per heavy atom. The zero-order valence-electron chi connectivity index (χ0n) is 17.1. The lowest BCUT2D eigenvalue weighted by Gasteiger charge is -2.37. The molecule has 0 radical (unpaired) electrons. The van der Waals surface area contributed by atoms with E-state index in [4.69, 9.17) is 9.47 Å². The fraction of sp³-hybridized carbons (Fsp3) is 0.435. The third-order valence-electron chi connectivity index (χ3n) is 6.69. The topological polar surface area (TPSA) is 72.0 Å². The number of pyridine rings is 1. The van der Waals surface area contributed by atoms with Crippen LogP contribution in [0, 0.1) is 6.92 Å². The predicted octanol–water partition coefficient (Wildman–Crippen LogP) is 3.09. The van der Waals surface area contributed by atoms with Crippen LogP contribution in [-0.2, 0) is 22.5 Å². The van der Waals surface area contributed by atoms with E-state index >= 15 is 0 Å². The van der Waals surface area contributed by atoms with Crippen LogP contribution in [-0.4, -0.2) is 53.7 Å². The van der Waals surface area contributed by atoms with Crippen LogP contribution in [0.4, 0.5) is 10.5 Å². The van der Waals surface area contributed by atoms with Crippen molar-refractivity contribution in [2.75, 3.05) is 31.1 Å². The first-order valence-electron chi connectivity index (χ1n) is 10.5. The summed E-state index contributed by atoms with van der Waals surface area (Å²) in [6.45, 7) is 5.83. The Bertz CT molecular complexity index is 983. The van der Waals surface area contributed by atoms with Crippen LogP contribution >= 0.6 is 0 Å². The van der Waals surface area contributed by atoms with Crippen molar-refractivity contribution >= 4 is 17.7 Å². The molecule has 0 bridgehead atoms. The van der Waals surface area contributed by atoms with Gasteiger partial charge in [-0.3, -0.25) is 9.88 Å². The van der Waals surface area contributed by atoms with E-state index in [1.807, 2.05) is 18.2 Å². The number of nitrogens with zero attached hydrogens (tertiary/aromatic N) is 3. The highest BCUT2D eigenvalue weighted by atomic mass is 16.6. The lowest BCUT2D eigenvalue weighted by atomic mass is 9.90. The van der Waals surface area contributed by atoms with E-state index in [0.29, 0.717) is 18.7 Å². The number of esters is 1. The summed E-state index contributed by atoms with van der Waals surface area (Å²) in [5.74, 6) is -0.215. The molecule has 1 amide bonds. The van der Waals surface area contributed by atoms with E-state index in [0.717, 1.165) is 50.1 Å². The van der Waals surface area contributed by atoms with Crippen molar-refractivity contribution < 1.29 is 19.1 Å². The van der Waals surface area contributed by atoms with Crippen molar-refractivity contribution in [3.05, 3.63) is 58.9 Å². The summed E-state index contributed by atoms with van der Waals surface area (Å²) in [4.78, 5) is 32.3. The molecule has 3 aliphatic rings. The number of rotatable bonds is 4. The molecule has 4 heterocycles. The second kappa shape index (κ2) is 7.40. The van der Waals surface area contributed by atoms with Gasteiger partial charge in [0, 0.05) is 50.4 Å². The maximum absolute atomic E-state index is 12.4. The Labute approximate surface area is 175 Å². The van der Waals surface area contributed by atoms with Crippen LogP contribution in [0.5, 0.6) is 0 Å². The summed E-state index contributed by atoms with van der Waals surface area (Å²) < 4.78 is 11.0. The van der Waals surface area contributed by atoms with Gasteiger partial charge in [-0.25, -0.2) is 9.59 Å². The number of carbonyl (C=O) groups is 2. The van der Waals surface area contributed by atoms with Gasteiger partial charge in [0.1, 0.15) is 12.2 Å². The zero-order valence-corrected chi connectivity index (χ0v) is 17.1. The van der Waals surface area contributed by atoms with E-state index in [1.165, 1.54) is 11.1 Å². The van der Waals surface area contributed by atoms with Gasteiger partial charge in [-0.05, 0) is 42.7 Å². The maximum Gasteiger partial charge on any atom is 0.415 e. The zero-order chi connectivity index (χ0) is 20.7. The SMILES string of the molecule is Cc1c(CCN2CCC3(CC2)CN(c2ccncc2)C(=O)O3)ccc2c1COC2=O. The van der Waals surface area contributed by atoms with Crippen LogP contribution in [0.15, 0.2) is 36.7 Å². The van der Waals surface area contributed by atoms with Gasteiger partial charge in [-0.1, -0.05) is 6.07 Å². The van der Waals surface area contributed by atoms with E-state index in [-0.39, 0.29) is 12.1 Å². The fourth-order valence-corrected chi connectivity index (χ4v) is 4.74. The lowest BCUT2D eigenvalue weighted by Crippen LogP contribution is -2.47. The number of fused-ring (bicyclic) bond motifs is 1. The Hall–Kier alpha value is -2.93. The number of cyclic esters (lactones) is 1. The van der Waals surface area contributed by atoms with Crippen molar-refractivity contribution in [2.24, 2.45) is 0 Å². The average molecular weight is 407 g/mol. The third kappa shape index (κ3) is 3.33. The van der Waals surface area contributed by atoms with Crippen LogP contribution in [0.2, 0.25) is 0 Å². The number of hydrogen-bond donors (Lipinski definition) is 0. The van der Waals surface area contributed by atoms with Crippen molar-refractivity contribution in [3.63, 3.8) is 0 Å². The summed E-state index contributed by atoms with van der Waals surface area (Å²) >= 11 is 0. The number of ether oxygens (including phenoxy) is 2. The van der Waals surface area contributed by atoms with Crippen LogP contribution < -0.4 is 4.90 Å². The summed E-state index contributed by atoms with van der Waals surface area (Å²) in [6.07, 6.45) is 5.74. The number of anilines is 1. The molecular weight excluding hydrogens is 382 g/mol. The van der Waals surface area contributed by atoms with Gasteiger partial charge >= 0.3 is 12.1 Å². The molecule has 7 heteroatoms. The minimum absolute atomic E-state index is 0.215. The largest absolute Gasteiger partial charge is 0.457 e. The number of hydrogen-bond acceptors (Lipinski definition) is 6. The molecule has 7 nitrogen and oxygen atoms in total. The monoisotopic (exact) mass is 407 g/mol. The van der Waals surface area contributed by atoms with E-state index in [9.17, 15) is 9.59 Å². The summed E-state index contributed by atoms with van der Waals surface area (Å²) in [5.41, 5.74) is 4.62. The molecule has 30 heavy (non-hydrogen) atoms. The molecule has 0 saturated carbocycles. The summed E-state index contributed by atoms with van der Waals surface area (Å²) in [5, 5.41) is 0. The first kappa shape index (κ1) is 19.1. The van der Waals surface area contributed by atoms with Gasteiger partial charge in [0.25, 0.3) is 0 Å². The molecule has 2 aromatic rings. The fourth-order valence-electron chi connectivity index (χ4n) is 4.74. The number of benzene rings is 1. The highest BCUT2D eigenvalue weighted by molar-refractivity contribution is 5.94. The number of likely N-dealkylation sites (tertiary alicyclic amines) is 1. The smallest absolute Gasteiger partial charge is 0.415 e. The maximum atomic E-state index is 12.4. The molecule has 0 aliphatic carbocycles. The van der Waals surface area contributed by atoms with Crippen LogP contribution in [0.25, 0.3) is 0 Å². The molecule has 2 saturated heterocycles. The van der Waals surface area contributed by atoms with Gasteiger partial charge in [0.2, 0.25) is 0 Å². The number of aromatic nitrogens is 1. The van der Waals surface area contributed by atoms with Crippen LogP contribution in [0.3, 0.4) is 0 Å². The molecule has 5 rings (SSSR count). The lowest BCUT2D eigenvalue weighted by molar-refractivity contribution is 0.00125. The first-order chi connectivity index (χ1) is 14.5. The van der Waals surface area contributed by atoms with Crippen molar-refractivity contribution in [1.29, 1.82) is 0 Å². The van der Waals surface area contributed by atoms with Crippen molar-refractivity contribution in [3.8, 4) is 0 Å². The second-order valence-corrected chi connectivity index (χ2v) is 8.39. The molecular formula is C23H25N3O4. The summed E-state index contributed by atoms with van der Waals surface area (Å²) in [7, 11) is 0. The van der Waals surface area contributed by atoms with E-state index in [2.05, 4.69) is 22.9 Å². The second-order valence-electron chi connectivity index (χ2n) is 8.39. The van der Waals surface area contributed by atoms with Crippen molar-refractivity contribution in [1.82, 2.24) is 9.88 Å². The quantitative estimate of drug-likeness (QED) is 0.726. The molecule has 0 N–H and O–H groups in total. The minimum atomic E-state index is -0.391. The van der Waals surface area contributed by atoms with Gasteiger partial charge in [-0.2, -0.15) is 0 Å². The van der Waals surface area contributed by atoms with Crippen LogP contribution in [0.1, 0.15) is 39.9 Å². The standard InChI is InChI=1S/C23H25N3O4/c1-16-17(2-3-19-20(16)14-29-21(19)27)6-11-25-12-7-23(8-13-25)15-26(22(28)30-23)18-4-9-24-10-5-18/h2-5,9-10H,6-8,11-15H2,1H3. The van der Waals surface area contributed by atoms with Gasteiger partial charge in [0.15, 0.2) is 0 Å². The highest BCUT2D eigenvalue weighted by Crippen LogP contribution is 2.35. The summed E-state index contributed by atoms with van der Waals surface area (Å²) in [6, 6.07) is 7.63. The number of carbonyl (C=O) groups excluding carboxylic acids is 2. The Kier molecular flexibility index (Phi) is 4.70. The molecule has 0 unspecified atom stereocenters. The number of piperidine rings is 1. The number of amides is 1. The predicted molar refractivity (Wildman–Crippen MR) is 110 cm³/mol. The van der Waals surface area contributed by atoms with Gasteiger partial charge < -0.3 is 14.4 Å². The van der Waals surface area contributed by atoms with Gasteiger partial charge in [0.05, 0.1) is 17.8 Å². The minimum Gasteiger partial charge on any atom is -0.457 e. The van der Waals surface area contributed by atoms with Gasteiger partial charge in [-0.15, -0.1) is 0 Å². The van der Waals surface area contributed by atoms with Crippen molar-refractivity contribution in [2.45, 2.75) is 38.4 Å². The van der Waals surface area contributed by atoms with E-state index in [1.54, 1.807) is 17.3 Å². The van der Waals surface area contributed by atoms with E-state index < -0.39 is 5.60 Å². The molecule has 0 atom stereocenters. The average Bonchev–Trinajstić information content (AvgIpc) is 3.30. The molecule has 1 aromatic heterocycles. The molecule has 2 fully saturated rings. The Balaban J connectivity index is 1.18.